The van der Waals surface area contributed by atoms with E-state index in [9.17, 15) is 4.79 Å². The summed E-state index contributed by atoms with van der Waals surface area (Å²) >= 11 is 1.23. The van der Waals surface area contributed by atoms with E-state index < -0.39 is 0 Å². The Hall–Kier alpha value is -1.21. The quantitative estimate of drug-likeness (QED) is 0.770. The maximum Gasteiger partial charge on any atom is 0.285 e. The van der Waals surface area contributed by atoms with Crippen molar-refractivity contribution in [2.45, 2.75) is 18.9 Å². The van der Waals surface area contributed by atoms with Crippen LogP contribution in [0.2, 0.25) is 0 Å². The van der Waals surface area contributed by atoms with Crippen LogP contribution in [0, 0.1) is 0 Å². The van der Waals surface area contributed by atoms with Gasteiger partial charge in [0.05, 0.1) is 6.61 Å². The number of aliphatic hydroxyl groups is 1. The van der Waals surface area contributed by atoms with Crippen molar-refractivity contribution in [1.29, 1.82) is 0 Å². The molecule has 0 spiro atoms. The maximum absolute atomic E-state index is 12.0. The Morgan fingerprint density at radius 1 is 1.62 bits per heavy atom. The Morgan fingerprint density at radius 2 is 2.38 bits per heavy atom. The summed E-state index contributed by atoms with van der Waals surface area (Å²) in [5.74, 6) is -0.129. The van der Waals surface area contributed by atoms with Crippen molar-refractivity contribution in [1.82, 2.24) is 15.1 Å². The van der Waals surface area contributed by atoms with Gasteiger partial charge in [-0.15, -0.1) is 10.2 Å². The molecule has 2 N–H and O–H groups in total. The highest BCUT2D eigenvalue weighted by Crippen LogP contribution is 2.28. The summed E-state index contributed by atoms with van der Waals surface area (Å²) in [6.07, 6.45) is 2.03. The summed E-state index contributed by atoms with van der Waals surface area (Å²) in [7, 11) is 1.74. The van der Waals surface area contributed by atoms with Crippen molar-refractivity contribution in [2.75, 3.05) is 25.5 Å². The zero-order chi connectivity index (χ0) is 11.5. The second-order valence-corrected chi connectivity index (χ2v) is 4.59. The zero-order valence-corrected chi connectivity index (χ0v) is 9.83. The van der Waals surface area contributed by atoms with Crippen LogP contribution in [-0.4, -0.2) is 52.4 Å². The highest BCUT2D eigenvalue weighted by Gasteiger charge is 2.34. The van der Waals surface area contributed by atoms with Crippen molar-refractivity contribution >= 4 is 22.4 Å². The molecule has 0 aromatic carbocycles. The van der Waals surface area contributed by atoms with Crippen LogP contribution in [0.15, 0.2) is 0 Å². The number of hydrogen-bond donors (Lipinski definition) is 2. The standard InChI is InChI=1S/C9H14N4O2S/c1-10-9-12-11-7(16-9)8(15)13(4-5-14)6-2-3-6/h6,14H,2-5H2,1H3,(H,10,12). The number of amides is 1. The lowest BCUT2D eigenvalue weighted by molar-refractivity contribution is 0.0706. The van der Waals surface area contributed by atoms with Gasteiger partial charge < -0.3 is 15.3 Å². The predicted octanol–water partition coefficient (Wildman–Crippen LogP) is 0.177. The number of aromatic nitrogens is 2. The van der Waals surface area contributed by atoms with Crippen LogP contribution in [0.4, 0.5) is 5.13 Å². The van der Waals surface area contributed by atoms with E-state index in [-0.39, 0.29) is 18.6 Å². The van der Waals surface area contributed by atoms with Crippen molar-refractivity contribution in [3.8, 4) is 0 Å². The zero-order valence-electron chi connectivity index (χ0n) is 9.01. The van der Waals surface area contributed by atoms with Gasteiger partial charge in [0.2, 0.25) is 10.1 Å². The molecule has 1 aliphatic rings. The lowest BCUT2D eigenvalue weighted by atomic mass is 10.4. The normalized spacial score (nSPS) is 14.9. The summed E-state index contributed by atoms with van der Waals surface area (Å²) in [4.78, 5) is 13.7. The number of carbonyl (C=O) groups is 1. The number of rotatable bonds is 5. The molecular formula is C9H14N4O2S. The number of carbonyl (C=O) groups excluding carboxylic acids is 1. The predicted molar refractivity (Wildman–Crippen MR) is 60.6 cm³/mol. The molecule has 1 aromatic rings. The lowest BCUT2D eigenvalue weighted by Gasteiger charge is -2.19. The van der Waals surface area contributed by atoms with Crippen LogP contribution in [0.1, 0.15) is 22.6 Å². The molecule has 0 unspecified atom stereocenters. The fraction of sp³-hybridized carbons (Fsp3) is 0.667. The van der Waals surface area contributed by atoms with E-state index in [4.69, 9.17) is 5.11 Å². The molecule has 1 fully saturated rings. The minimum Gasteiger partial charge on any atom is -0.395 e. The van der Waals surface area contributed by atoms with Crippen molar-refractivity contribution < 1.29 is 9.90 Å². The first-order chi connectivity index (χ1) is 7.76. The minimum atomic E-state index is -0.129. The second kappa shape index (κ2) is 4.75. The van der Waals surface area contributed by atoms with E-state index in [1.165, 1.54) is 11.3 Å². The van der Waals surface area contributed by atoms with Gasteiger partial charge in [-0.3, -0.25) is 4.79 Å². The molecule has 1 heterocycles. The van der Waals surface area contributed by atoms with Gasteiger partial charge in [0.25, 0.3) is 5.91 Å². The van der Waals surface area contributed by atoms with E-state index in [1.807, 2.05) is 0 Å². The van der Waals surface area contributed by atoms with Crippen LogP contribution in [0.3, 0.4) is 0 Å². The van der Waals surface area contributed by atoms with E-state index in [1.54, 1.807) is 11.9 Å². The van der Waals surface area contributed by atoms with Crippen molar-refractivity contribution in [3.05, 3.63) is 5.01 Å². The third-order valence-electron chi connectivity index (χ3n) is 2.41. The molecule has 1 aliphatic carbocycles. The Morgan fingerprint density at radius 3 is 2.88 bits per heavy atom. The summed E-state index contributed by atoms with van der Waals surface area (Å²) in [5, 5.41) is 20.4. The summed E-state index contributed by atoms with van der Waals surface area (Å²) in [6, 6.07) is 0.279. The molecule has 1 aromatic heterocycles. The van der Waals surface area contributed by atoms with Crippen LogP contribution in [-0.2, 0) is 0 Å². The first kappa shape index (κ1) is 11.3. The summed E-state index contributed by atoms with van der Waals surface area (Å²) in [5.41, 5.74) is 0. The molecule has 1 amide bonds. The van der Waals surface area contributed by atoms with Gasteiger partial charge in [0, 0.05) is 19.6 Å². The lowest BCUT2D eigenvalue weighted by Crippen LogP contribution is -2.35. The van der Waals surface area contributed by atoms with Gasteiger partial charge in [0.15, 0.2) is 0 Å². The molecule has 0 aliphatic heterocycles. The van der Waals surface area contributed by atoms with Crippen LogP contribution >= 0.6 is 11.3 Å². The average molecular weight is 242 g/mol. The van der Waals surface area contributed by atoms with E-state index in [2.05, 4.69) is 15.5 Å². The number of nitrogens with zero attached hydrogens (tertiary/aromatic N) is 3. The number of aliphatic hydroxyl groups excluding tert-OH is 1. The van der Waals surface area contributed by atoms with E-state index in [0.29, 0.717) is 16.7 Å². The van der Waals surface area contributed by atoms with Gasteiger partial charge >= 0.3 is 0 Å². The van der Waals surface area contributed by atoms with Crippen molar-refractivity contribution in [3.63, 3.8) is 0 Å². The molecule has 0 radical (unpaired) electrons. The fourth-order valence-electron chi connectivity index (χ4n) is 1.48. The Balaban J connectivity index is 2.09. The number of hydrogen-bond acceptors (Lipinski definition) is 6. The SMILES string of the molecule is CNc1nnc(C(=O)N(CCO)C2CC2)s1. The number of nitrogens with one attached hydrogen (secondary N) is 1. The maximum atomic E-state index is 12.0. The summed E-state index contributed by atoms with van der Waals surface area (Å²) in [6.45, 7) is 0.359. The number of anilines is 1. The fourth-order valence-corrected chi connectivity index (χ4v) is 2.13. The van der Waals surface area contributed by atoms with Crippen molar-refractivity contribution in [2.24, 2.45) is 0 Å². The highest BCUT2D eigenvalue weighted by molar-refractivity contribution is 7.17. The molecule has 6 nitrogen and oxygen atoms in total. The monoisotopic (exact) mass is 242 g/mol. The minimum absolute atomic E-state index is 0.0140. The van der Waals surface area contributed by atoms with Crippen LogP contribution in [0.5, 0.6) is 0 Å². The molecule has 7 heteroatoms. The van der Waals surface area contributed by atoms with E-state index >= 15 is 0 Å². The van der Waals surface area contributed by atoms with Gasteiger partial charge in [-0.25, -0.2) is 0 Å². The van der Waals surface area contributed by atoms with Crippen LogP contribution < -0.4 is 5.32 Å². The second-order valence-electron chi connectivity index (χ2n) is 3.62. The molecule has 0 saturated heterocycles. The summed E-state index contributed by atoms with van der Waals surface area (Å²) < 4.78 is 0. The smallest absolute Gasteiger partial charge is 0.285 e. The Labute approximate surface area is 97.3 Å². The first-order valence-corrected chi connectivity index (χ1v) is 6.01. The molecular weight excluding hydrogens is 228 g/mol. The van der Waals surface area contributed by atoms with Crippen LogP contribution in [0.25, 0.3) is 0 Å². The molecule has 0 atom stereocenters. The molecule has 0 bridgehead atoms. The largest absolute Gasteiger partial charge is 0.395 e. The van der Waals surface area contributed by atoms with E-state index in [0.717, 1.165) is 12.8 Å². The molecule has 16 heavy (non-hydrogen) atoms. The molecule has 1 saturated carbocycles. The topological polar surface area (TPSA) is 78.4 Å². The molecule has 88 valence electrons. The van der Waals surface area contributed by atoms with Gasteiger partial charge in [-0.1, -0.05) is 11.3 Å². The Kier molecular flexibility index (Phi) is 3.35. The first-order valence-electron chi connectivity index (χ1n) is 5.19. The third-order valence-corrected chi connectivity index (χ3v) is 3.34. The average Bonchev–Trinajstić information content (AvgIpc) is 3.02. The van der Waals surface area contributed by atoms with Gasteiger partial charge in [-0.2, -0.15) is 0 Å². The van der Waals surface area contributed by atoms with Gasteiger partial charge in [0.1, 0.15) is 0 Å². The van der Waals surface area contributed by atoms with Gasteiger partial charge in [-0.05, 0) is 12.8 Å². The molecule has 2 rings (SSSR count). The Bertz CT molecular complexity index is 377. The highest BCUT2D eigenvalue weighted by atomic mass is 32.1. The third kappa shape index (κ3) is 2.30.